The molecule has 0 bridgehead atoms. The molecule has 0 spiro atoms. The van der Waals surface area contributed by atoms with Crippen LogP contribution in [0.4, 0.5) is 5.69 Å². The van der Waals surface area contributed by atoms with Crippen LogP contribution >= 0.6 is 37.2 Å². The molecule has 1 aromatic rings. The lowest BCUT2D eigenvalue weighted by atomic mass is 9.99. The van der Waals surface area contributed by atoms with E-state index >= 15 is 0 Å². The number of carbonyl (C=O) groups is 1. The molecular formula is C19H30Cl3N3O5. The van der Waals surface area contributed by atoms with Crippen molar-refractivity contribution >= 4 is 48.7 Å². The third-order valence-electron chi connectivity index (χ3n) is 5.71. The van der Waals surface area contributed by atoms with Gasteiger partial charge in [-0.1, -0.05) is 6.42 Å². The van der Waals surface area contributed by atoms with Crippen molar-refractivity contribution in [1.29, 1.82) is 0 Å². The van der Waals surface area contributed by atoms with Crippen LogP contribution in [0.25, 0.3) is 0 Å². The molecule has 0 atom stereocenters. The van der Waals surface area contributed by atoms with Crippen LogP contribution in [-0.4, -0.2) is 69.5 Å². The Morgan fingerprint density at radius 1 is 1.03 bits per heavy atom. The highest BCUT2D eigenvalue weighted by molar-refractivity contribution is 5.97. The van der Waals surface area contributed by atoms with Gasteiger partial charge in [-0.25, -0.2) is 0 Å². The molecule has 30 heavy (non-hydrogen) atoms. The van der Waals surface area contributed by atoms with Gasteiger partial charge >= 0.3 is 5.69 Å². The number of nitrogens with zero attached hydrogens (tertiary/aromatic N) is 3. The molecule has 2 saturated heterocycles. The smallest absolute Gasteiger partial charge is 0.315 e. The van der Waals surface area contributed by atoms with Crippen molar-refractivity contribution in [3.05, 3.63) is 27.8 Å². The van der Waals surface area contributed by atoms with E-state index in [1.54, 1.807) is 0 Å². The summed E-state index contributed by atoms with van der Waals surface area (Å²) in [7, 11) is 0. The molecule has 0 saturated carbocycles. The Bertz CT molecular complexity index is 709. The first-order chi connectivity index (χ1) is 13.0. The molecule has 0 aromatic heterocycles. The van der Waals surface area contributed by atoms with E-state index in [0.29, 0.717) is 12.6 Å². The molecule has 0 radical (unpaired) electrons. The van der Waals surface area contributed by atoms with Crippen molar-refractivity contribution in [2.24, 2.45) is 0 Å². The Kier molecular flexibility index (Phi) is 12.6. The summed E-state index contributed by atoms with van der Waals surface area (Å²) in [6.45, 7) is 4.91. The average Bonchev–Trinajstić information content (AvgIpc) is 2.69. The van der Waals surface area contributed by atoms with Crippen molar-refractivity contribution in [3.8, 4) is 11.5 Å². The van der Waals surface area contributed by atoms with Crippen molar-refractivity contribution in [3.63, 3.8) is 0 Å². The number of carbonyl (C=O) groups excluding carboxylic acids is 1. The second-order valence-corrected chi connectivity index (χ2v) is 7.46. The molecule has 0 amide bonds. The van der Waals surface area contributed by atoms with Gasteiger partial charge in [-0.05, 0) is 57.9 Å². The minimum Gasteiger partial charge on any atom is -0.504 e. The zero-order valence-corrected chi connectivity index (χ0v) is 19.1. The highest BCUT2D eigenvalue weighted by Gasteiger charge is 2.26. The number of piperidine rings is 2. The van der Waals surface area contributed by atoms with Gasteiger partial charge < -0.3 is 20.0 Å². The Hall–Kier alpha value is -1.32. The summed E-state index contributed by atoms with van der Waals surface area (Å²) in [4.78, 5) is 27.4. The van der Waals surface area contributed by atoms with Gasteiger partial charge in [-0.15, -0.1) is 37.2 Å². The van der Waals surface area contributed by atoms with Gasteiger partial charge in [0.2, 0.25) is 5.75 Å². The fourth-order valence-corrected chi connectivity index (χ4v) is 4.10. The Morgan fingerprint density at radius 3 is 2.20 bits per heavy atom. The molecular weight excluding hydrogens is 457 g/mol. The van der Waals surface area contributed by atoms with Gasteiger partial charge in [0, 0.05) is 30.6 Å². The second-order valence-electron chi connectivity index (χ2n) is 7.46. The third kappa shape index (κ3) is 7.13. The number of Topliss-reactive ketones (excluding diaryl/α,β-unsaturated/α-hetero) is 1. The average molecular weight is 487 g/mol. The minimum atomic E-state index is -0.809. The number of hydrogen-bond acceptors (Lipinski definition) is 7. The lowest BCUT2D eigenvalue weighted by molar-refractivity contribution is -0.386. The molecule has 2 heterocycles. The van der Waals surface area contributed by atoms with Crippen LogP contribution in [0.2, 0.25) is 0 Å². The van der Waals surface area contributed by atoms with Gasteiger partial charge in [-0.3, -0.25) is 14.9 Å². The normalized spacial score (nSPS) is 17.9. The zero-order chi connectivity index (χ0) is 19.4. The number of benzene rings is 1. The largest absolute Gasteiger partial charge is 0.504 e. The summed E-state index contributed by atoms with van der Waals surface area (Å²) < 4.78 is 0. The van der Waals surface area contributed by atoms with Crippen LogP contribution in [-0.2, 0) is 0 Å². The molecule has 2 N–H and O–H groups in total. The van der Waals surface area contributed by atoms with Crippen LogP contribution in [0, 0.1) is 10.1 Å². The fraction of sp³-hybridized carbons (Fsp3) is 0.632. The zero-order valence-electron chi connectivity index (χ0n) is 16.7. The molecule has 2 fully saturated rings. The van der Waals surface area contributed by atoms with E-state index in [0.717, 1.165) is 38.1 Å². The lowest BCUT2D eigenvalue weighted by Crippen LogP contribution is -2.47. The van der Waals surface area contributed by atoms with Crippen LogP contribution in [0.15, 0.2) is 12.1 Å². The summed E-state index contributed by atoms with van der Waals surface area (Å²) in [6.07, 6.45) is 6.37. The summed E-state index contributed by atoms with van der Waals surface area (Å²) in [5.41, 5.74) is -0.596. The molecule has 0 unspecified atom stereocenters. The number of likely N-dealkylation sites (tertiary alicyclic amines) is 2. The summed E-state index contributed by atoms with van der Waals surface area (Å²) in [5, 5.41) is 30.1. The molecule has 172 valence electrons. The molecule has 1 aromatic carbocycles. The number of ketones is 1. The van der Waals surface area contributed by atoms with Crippen LogP contribution in [0.5, 0.6) is 11.5 Å². The Labute approximate surface area is 195 Å². The first-order valence-electron chi connectivity index (χ1n) is 9.65. The number of phenols is 2. The predicted octanol–water partition coefficient (Wildman–Crippen LogP) is 3.79. The van der Waals surface area contributed by atoms with Crippen LogP contribution in [0.3, 0.4) is 0 Å². The maximum absolute atomic E-state index is 12.4. The van der Waals surface area contributed by atoms with E-state index < -0.39 is 22.1 Å². The van der Waals surface area contributed by atoms with E-state index in [2.05, 4.69) is 9.80 Å². The van der Waals surface area contributed by atoms with E-state index in [1.807, 2.05) is 0 Å². The van der Waals surface area contributed by atoms with Gasteiger partial charge in [0.25, 0.3) is 0 Å². The van der Waals surface area contributed by atoms with Crippen molar-refractivity contribution < 1.29 is 19.9 Å². The van der Waals surface area contributed by atoms with E-state index in [4.69, 9.17) is 0 Å². The number of rotatable bonds is 6. The quantitative estimate of drug-likeness (QED) is 0.272. The summed E-state index contributed by atoms with van der Waals surface area (Å²) in [5.74, 6) is -1.72. The number of phenolic OH excluding ortho intramolecular Hbond substituents is 2. The van der Waals surface area contributed by atoms with Gasteiger partial charge in [0.1, 0.15) is 0 Å². The Balaban J connectivity index is 0.00000280. The summed E-state index contributed by atoms with van der Waals surface area (Å²) in [6, 6.07) is 2.77. The van der Waals surface area contributed by atoms with Crippen LogP contribution in [0.1, 0.15) is 48.9 Å². The topological polar surface area (TPSA) is 107 Å². The first kappa shape index (κ1) is 28.7. The number of aromatic hydroxyl groups is 2. The number of nitro groups is 1. The van der Waals surface area contributed by atoms with E-state index in [-0.39, 0.29) is 55.0 Å². The van der Waals surface area contributed by atoms with Crippen LogP contribution < -0.4 is 0 Å². The maximum atomic E-state index is 12.4. The molecule has 8 nitrogen and oxygen atoms in total. The monoisotopic (exact) mass is 485 g/mol. The van der Waals surface area contributed by atoms with Crippen molar-refractivity contribution in [2.75, 3.05) is 32.7 Å². The highest BCUT2D eigenvalue weighted by Crippen LogP contribution is 2.36. The molecule has 3 rings (SSSR count). The minimum absolute atomic E-state index is 0. The third-order valence-corrected chi connectivity index (χ3v) is 5.71. The standard InChI is InChI=1S/C19H27N3O5.3ClH/c23-17(14-12-16(22(26)27)19(25)18(24)13-14)6-11-20-9-4-15(5-10-20)21-7-2-1-3-8-21;;;/h12-13,15,24-25H,1-11H2;3*1H. The number of halogens is 3. The summed E-state index contributed by atoms with van der Waals surface area (Å²) >= 11 is 0. The molecule has 11 heteroatoms. The van der Waals surface area contributed by atoms with Crippen molar-refractivity contribution in [1.82, 2.24) is 9.80 Å². The van der Waals surface area contributed by atoms with E-state index in [9.17, 15) is 25.1 Å². The number of hydrogen-bond donors (Lipinski definition) is 2. The predicted molar refractivity (Wildman–Crippen MR) is 122 cm³/mol. The van der Waals surface area contributed by atoms with Crippen molar-refractivity contribution in [2.45, 2.75) is 44.6 Å². The SMILES string of the molecule is Cl.Cl.Cl.O=C(CCN1CCC(N2CCCCC2)CC1)c1cc(O)c(O)c([N+](=O)[O-])c1. The van der Waals surface area contributed by atoms with Gasteiger partial charge in [0.15, 0.2) is 11.5 Å². The molecule has 0 aliphatic carbocycles. The Morgan fingerprint density at radius 2 is 1.63 bits per heavy atom. The first-order valence-corrected chi connectivity index (χ1v) is 9.65. The molecule has 2 aliphatic heterocycles. The molecule has 2 aliphatic rings. The highest BCUT2D eigenvalue weighted by atomic mass is 35.5. The van der Waals surface area contributed by atoms with E-state index in [1.165, 1.54) is 32.4 Å². The maximum Gasteiger partial charge on any atom is 0.315 e. The second kappa shape index (κ2) is 13.2. The number of nitro benzene ring substituents is 1. The van der Waals surface area contributed by atoms with Gasteiger partial charge in [-0.2, -0.15) is 0 Å². The fourth-order valence-electron chi connectivity index (χ4n) is 4.10. The van der Waals surface area contributed by atoms with Gasteiger partial charge in [0.05, 0.1) is 4.92 Å². The lowest BCUT2D eigenvalue weighted by Gasteiger charge is -2.40.